The fourth-order valence-electron chi connectivity index (χ4n) is 1.15. The molecule has 15 heavy (non-hydrogen) atoms. The molecule has 0 saturated heterocycles. The van der Waals surface area contributed by atoms with Crippen molar-refractivity contribution in [3.63, 3.8) is 0 Å². The lowest BCUT2D eigenvalue weighted by atomic mass is 10.3. The molecule has 0 amide bonds. The van der Waals surface area contributed by atoms with Gasteiger partial charge >= 0.3 is 0 Å². The van der Waals surface area contributed by atoms with Gasteiger partial charge in [-0.2, -0.15) is 5.10 Å². The molecule has 0 unspecified atom stereocenters. The molecule has 0 atom stereocenters. The van der Waals surface area contributed by atoms with E-state index in [-0.39, 0.29) is 0 Å². The molecule has 0 radical (unpaired) electrons. The van der Waals surface area contributed by atoms with Crippen molar-refractivity contribution in [2.75, 3.05) is 0 Å². The molecule has 0 saturated carbocycles. The Morgan fingerprint density at radius 1 is 1.13 bits per heavy atom. The van der Waals surface area contributed by atoms with Crippen LogP contribution in [0.5, 0.6) is 0 Å². The van der Waals surface area contributed by atoms with Gasteiger partial charge in [-0.25, -0.2) is 4.68 Å². The molecule has 78 valence electrons. The zero-order valence-corrected chi connectivity index (χ0v) is 9.71. The van der Waals surface area contributed by atoms with Gasteiger partial charge in [0.2, 0.25) is 0 Å². The zero-order valence-electron chi connectivity index (χ0n) is 8.20. The Morgan fingerprint density at radius 3 is 2.33 bits per heavy atom. The molecule has 0 N–H and O–H groups in total. The van der Waals surface area contributed by atoms with E-state index >= 15 is 0 Å². The minimum Gasteiger partial charge on any atom is -0.202 e. The van der Waals surface area contributed by atoms with E-state index < -0.39 is 0 Å². The monoisotopic (exact) mass is 242 g/mol. The summed E-state index contributed by atoms with van der Waals surface area (Å²) in [6.45, 7) is 3.80. The molecule has 6 heteroatoms. The zero-order chi connectivity index (χ0) is 11.0. The maximum Gasteiger partial charge on any atom is 0.177 e. The Bertz CT molecular complexity index is 490. The summed E-state index contributed by atoms with van der Waals surface area (Å²) < 4.78 is 1.54. The first-order chi connectivity index (χ1) is 7.09. The number of nitrogens with zero attached hydrogens (tertiary/aromatic N) is 4. The van der Waals surface area contributed by atoms with Crippen molar-refractivity contribution in [2.24, 2.45) is 0 Å². The Labute approximate surface area is 96.8 Å². The molecule has 2 aromatic heterocycles. The third kappa shape index (κ3) is 1.82. The van der Waals surface area contributed by atoms with E-state index in [1.165, 1.54) is 4.68 Å². The highest BCUT2D eigenvalue weighted by Gasteiger charge is 2.11. The van der Waals surface area contributed by atoms with Gasteiger partial charge in [0.25, 0.3) is 0 Å². The Kier molecular flexibility index (Phi) is 2.63. The van der Waals surface area contributed by atoms with Crippen molar-refractivity contribution in [2.45, 2.75) is 13.8 Å². The van der Waals surface area contributed by atoms with Crippen molar-refractivity contribution in [3.8, 4) is 5.82 Å². The van der Waals surface area contributed by atoms with Gasteiger partial charge in [0.15, 0.2) is 11.0 Å². The number of hydrogen-bond acceptors (Lipinski definition) is 3. The van der Waals surface area contributed by atoms with Crippen molar-refractivity contribution < 1.29 is 0 Å². The number of halogens is 2. The van der Waals surface area contributed by atoms with Gasteiger partial charge in [-0.1, -0.05) is 23.2 Å². The normalized spacial score (nSPS) is 10.7. The van der Waals surface area contributed by atoms with Crippen LogP contribution in [0.1, 0.15) is 11.3 Å². The van der Waals surface area contributed by atoms with Crippen LogP contribution in [-0.2, 0) is 0 Å². The fraction of sp³-hybridized carbons (Fsp3) is 0.222. The SMILES string of the molecule is Cc1nn(-c2ccc(Cl)nn2)c(Cl)c1C. The topological polar surface area (TPSA) is 43.6 Å². The lowest BCUT2D eigenvalue weighted by Crippen LogP contribution is -2.01. The average Bonchev–Trinajstić information content (AvgIpc) is 2.47. The summed E-state index contributed by atoms with van der Waals surface area (Å²) >= 11 is 11.7. The van der Waals surface area contributed by atoms with Gasteiger partial charge in [0.05, 0.1) is 5.69 Å². The maximum absolute atomic E-state index is 6.09. The number of rotatable bonds is 1. The maximum atomic E-state index is 6.09. The first-order valence-corrected chi connectivity index (χ1v) is 5.06. The molecular formula is C9H8Cl2N4. The molecule has 2 rings (SSSR count). The van der Waals surface area contributed by atoms with Crippen LogP contribution < -0.4 is 0 Å². The largest absolute Gasteiger partial charge is 0.202 e. The summed E-state index contributed by atoms with van der Waals surface area (Å²) in [7, 11) is 0. The highest BCUT2D eigenvalue weighted by Crippen LogP contribution is 2.21. The molecule has 0 aromatic carbocycles. The van der Waals surface area contributed by atoms with Crippen LogP contribution in [0.15, 0.2) is 12.1 Å². The second-order valence-electron chi connectivity index (χ2n) is 3.13. The van der Waals surface area contributed by atoms with Gasteiger partial charge in [-0.15, -0.1) is 10.2 Å². The highest BCUT2D eigenvalue weighted by atomic mass is 35.5. The molecule has 0 aliphatic carbocycles. The van der Waals surface area contributed by atoms with Crippen molar-refractivity contribution >= 4 is 23.2 Å². The summed E-state index contributed by atoms with van der Waals surface area (Å²) in [6.07, 6.45) is 0. The third-order valence-electron chi connectivity index (χ3n) is 2.12. The van der Waals surface area contributed by atoms with Crippen LogP contribution in [0, 0.1) is 13.8 Å². The standard InChI is InChI=1S/C9H8Cl2N4/c1-5-6(2)14-15(9(5)11)8-4-3-7(10)12-13-8/h3-4H,1-2H3. The highest BCUT2D eigenvalue weighted by molar-refractivity contribution is 6.30. The van der Waals surface area contributed by atoms with E-state index in [1.54, 1.807) is 12.1 Å². The van der Waals surface area contributed by atoms with Crippen LogP contribution in [0.3, 0.4) is 0 Å². The summed E-state index contributed by atoms with van der Waals surface area (Å²) in [6, 6.07) is 3.36. The van der Waals surface area contributed by atoms with Gasteiger partial charge in [-0.3, -0.25) is 0 Å². The fourth-order valence-corrected chi connectivity index (χ4v) is 1.51. The van der Waals surface area contributed by atoms with Crippen LogP contribution in [0.4, 0.5) is 0 Å². The Morgan fingerprint density at radius 2 is 1.87 bits per heavy atom. The molecular weight excluding hydrogens is 235 g/mol. The van der Waals surface area contributed by atoms with Gasteiger partial charge in [0, 0.05) is 5.56 Å². The smallest absolute Gasteiger partial charge is 0.177 e. The molecule has 2 heterocycles. The third-order valence-corrected chi connectivity index (χ3v) is 2.77. The molecule has 0 aliphatic heterocycles. The molecule has 0 aliphatic rings. The van der Waals surface area contributed by atoms with Crippen LogP contribution in [0.25, 0.3) is 5.82 Å². The predicted octanol–water partition coefficient (Wildman–Crippen LogP) is 2.59. The summed E-state index contributed by atoms with van der Waals surface area (Å²) in [5.41, 5.74) is 1.81. The van der Waals surface area contributed by atoms with Crippen LogP contribution in [0.2, 0.25) is 10.3 Å². The number of aromatic nitrogens is 4. The second-order valence-corrected chi connectivity index (χ2v) is 3.87. The average molecular weight is 243 g/mol. The van der Waals surface area contributed by atoms with Gasteiger partial charge in [0.1, 0.15) is 5.15 Å². The summed E-state index contributed by atoms with van der Waals surface area (Å²) in [4.78, 5) is 0. The van der Waals surface area contributed by atoms with Crippen LogP contribution >= 0.6 is 23.2 Å². The van der Waals surface area contributed by atoms with Crippen molar-refractivity contribution in [1.82, 2.24) is 20.0 Å². The van der Waals surface area contributed by atoms with E-state index in [0.717, 1.165) is 11.3 Å². The van der Waals surface area contributed by atoms with E-state index in [4.69, 9.17) is 23.2 Å². The van der Waals surface area contributed by atoms with E-state index in [0.29, 0.717) is 16.1 Å². The molecule has 0 fully saturated rings. The quantitative estimate of drug-likeness (QED) is 0.773. The second kappa shape index (κ2) is 3.79. The molecule has 4 nitrogen and oxygen atoms in total. The van der Waals surface area contributed by atoms with Gasteiger partial charge < -0.3 is 0 Å². The predicted molar refractivity (Wildman–Crippen MR) is 58.6 cm³/mol. The first kappa shape index (κ1) is 10.4. The van der Waals surface area contributed by atoms with E-state index in [1.807, 2.05) is 13.8 Å². The molecule has 2 aromatic rings. The van der Waals surface area contributed by atoms with Crippen LogP contribution in [-0.4, -0.2) is 20.0 Å². The minimum absolute atomic E-state index is 0.343. The number of hydrogen-bond donors (Lipinski definition) is 0. The summed E-state index contributed by atoms with van der Waals surface area (Å²) in [5, 5.41) is 12.8. The van der Waals surface area contributed by atoms with Gasteiger partial charge in [-0.05, 0) is 26.0 Å². The number of aryl methyl sites for hydroxylation is 1. The lowest BCUT2D eigenvalue weighted by Gasteiger charge is -2.00. The minimum atomic E-state index is 0.343. The Balaban J connectivity index is 2.54. The lowest BCUT2D eigenvalue weighted by molar-refractivity contribution is 0.804. The first-order valence-electron chi connectivity index (χ1n) is 4.31. The Hall–Kier alpha value is -1.13. The van der Waals surface area contributed by atoms with E-state index in [9.17, 15) is 0 Å². The summed E-state index contributed by atoms with van der Waals surface area (Å²) in [5.74, 6) is 0.556. The van der Waals surface area contributed by atoms with Crippen molar-refractivity contribution in [3.05, 3.63) is 33.7 Å². The van der Waals surface area contributed by atoms with Crippen molar-refractivity contribution in [1.29, 1.82) is 0 Å². The molecule has 0 spiro atoms. The molecule has 0 bridgehead atoms. The van der Waals surface area contributed by atoms with E-state index in [2.05, 4.69) is 15.3 Å².